The third-order valence-corrected chi connectivity index (χ3v) is 7.48. The van der Waals surface area contributed by atoms with Crippen LogP contribution in [-0.2, 0) is 21.2 Å². The second-order valence-electron chi connectivity index (χ2n) is 6.90. The SMILES string of the molecule is C=CCn1c(SC(C)C(=O)Nc2cccc([N+](=O)[O-])c2)nnc1C1CCS(=O)(=O)C1. The Morgan fingerprint density at radius 3 is 2.90 bits per heavy atom. The highest BCUT2D eigenvalue weighted by Crippen LogP contribution is 2.31. The highest BCUT2D eigenvalue weighted by molar-refractivity contribution is 8.00. The van der Waals surface area contributed by atoms with Crippen LogP contribution in [0.25, 0.3) is 0 Å². The molecular weight excluding hydrogens is 430 g/mol. The number of non-ortho nitro benzene ring substituents is 1. The number of hydrogen-bond acceptors (Lipinski definition) is 8. The molecular formula is C18H21N5O5S2. The fourth-order valence-electron chi connectivity index (χ4n) is 3.14. The molecule has 0 bridgehead atoms. The number of rotatable bonds is 8. The van der Waals surface area contributed by atoms with Crippen molar-refractivity contribution in [3.63, 3.8) is 0 Å². The van der Waals surface area contributed by atoms with Crippen molar-refractivity contribution in [2.24, 2.45) is 0 Å². The van der Waals surface area contributed by atoms with E-state index in [-0.39, 0.29) is 29.0 Å². The Bertz CT molecular complexity index is 1080. The lowest BCUT2D eigenvalue weighted by atomic mass is 10.1. The van der Waals surface area contributed by atoms with Gasteiger partial charge < -0.3 is 9.88 Å². The number of sulfone groups is 1. The summed E-state index contributed by atoms with van der Waals surface area (Å²) in [5.41, 5.74) is 0.209. The van der Waals surface area contributed by atoms with Gasteiger partial charge >= 0.3 is 0 Å². The van der Waals surface area contributed by atoms with Crippen LogP contribution in [0.1, 0.15) is 25.1 Å². The first kappa shape index (κ1) is 22.0. The number of benzene rings is 1. The van der Waals surface area contributed by atoms with Crippen molar-refractivity contribution in [3.05, 3.63) is 52.9 Å². The summed E-state index contributed by atoms with van der Waals surface area (Å²) < 4.78 is 25.4. The molecule has 1 aliphatic heterocycles. The molecule has 1 aromatic carbocycles. The number of thioether (sulfide) groups is 1. The molecule has 2 unspecified atom stereocenters. The summed E-state index contributed by atoms with van der Waals surface area (Å²) in [5, 5.41) is 21.8. The van der Waals surface area contributed by atoms with Crippen LogP contribution in [0.5, 0.6) is 0 Å². The first-order chi connectivity index (χ1) is 14.2. The van der Waals surface area contributed by atoms with Gasteiger partial charge in [-0.1, -0.05) is 23.9 Å². The molecule has 2 aromatic rings. The summed E-state index contributed by atoms with van der Waals surface area (Å²) in [7, 11) is -3.07. The number of nitro groups is 1. The zero-order valence-electron chi connectivity index (χ0n) is 16.2. The maximum Gasteiger partial charge on any atom is 0.271 e. The minimum atomic E-state index is -3.07. The van der Waals surface area contributed by atoms with Gasteiger partial charge in [0.25, 0.3) is 5.69 Å². The average Bonchev–Trinajstić information content (AvgIpc) is 3.25. The summed E-state index contributed by atoms with van der Waals surface area (Å²) >= 11 is 1.17. The molecule has 0 radical (unpaired) electrons. The largest absolute Gasteiger partial charge is 0.325 e. The summed E-state index contributed by atoms with van der Waals surface area (Å²) in [6.45, 7) is 5.80. The highest BCUT2D eigenvalue weighted by Gasteiger charge is 2.33. The van der Waals surface area contributed by atoms with E-state index < -0.39 is 20.0 Å². The molecule has 1 saturated heterocycles. The monoisotopic (exact) mass is 451 g/mol. The minimum absolute atomic E-state index is 0.0375. The number of nitrogens with one attached hydrogen (secondary N) is 1. The van der Waals surface area contributed by atoms with Gasteiger partial charge in [0.1, 0.15) is 5.82 Å². The molecule has 30 heavy (non-hydrogen) atoms. The van der Waals surface area contributed by atoms with E-state index in [4.69, 9.17) is 0 Å². The van der Waals surface area contributed by atoms with E-state index >= 15 is 0 Å². The number of allylic oxidation sites excluding steroid dienone is 1. The first-order valence-electron chi connectivity index (χ1n) is 9.16. The molecule has 10 nitrogen and oxygen atoms in total. The summed E-state index contributed by atoms with van der Waals surface area (Å²) in [4.78, 5) is 22.9. The Morgan fingerprint density at radius 1 is 1.50 bits per heavy atom. The van der Waals surface area contributed by atoms with E-state index in [1.807, 2.05) is 0 Å². The molecule has 0 saturated carbocycles. The summed E-state index contributed by atoms with van der Waals surface area (Å²) in [6, 6.07) is 5.69. The lowest BCUT2D eigenvalue weighted by molar-refractivity contribution is -0.384. The van der Waals surface area contributed by atoms with Gasteiger partial charge in [-0.05, 0) is 19.4 Å². The second-order valence-corrected chi connectivity index (χ2v) is 10.4. The second kappa shape index (κ2) is 8.96. The minimum Gasteiger partial charge on any atom is -0.325 e. The smallest absolute Gasteiger partial charge is 0.271 e. The molecule has 0 spiro atoms. The van der Waals surface area contributed by atoms with Crippen LogP contribution in [0.3, 0.4) is 0 Å². The molecule has 0 aliphatic carbocycles. The van der Waals surface area contributed by atoms with Crippen LogP contribution in [0, 0.1) is 10.1 Å². The fraction of sp³-hybridized carbons (Fsp3) is 0.389. The molecule has 12 heteroatoms. The fourth-order valence-corrected chi connectivity index (χ4v) is 5.75. The third-order valence-electron chi connectivity index (χ3n) is 4.63. The molecule has 160 valence electrons. The number of amides is 1. The maximum absolute atomic E-state index is 12.6. The molecule has 1 amide bonds. The van der Waals surface area contributed by atoms with E-state index in [0.29, 0.717) is 29.6 Å². The molecule has 2 atom stereocenters. The number of carbonyl (C=O) groups is 1. The van der Waals surface area contributed by atoms with E-state index in [1.54, 1.807) is 23.6 Å². The standard InChI is InChI=1S/C18H21N5O5S2/c1-3-8-22-16(13-7-9-30(27,28)11-13)20-21-18(22)29-12(2)17(24)19-14-5-4-6-15(10-14)23(25)26/h3-6,10,12-13H,1,7-9,11H2,2H3,(H,19,24). The van der Waals surface area contributed by atoms with Crippen molar-refractivity contribution < 1.29 is 18.1 Å². The Hall–Kier alpha value is -2.73. The normalized spacial score (nSPS) is 18.6. The Kier molecular flexibility index (Phi) is 6.56. The number of hydrogen-bond donors (Lipinski definition) is 1. The van der Waals surface area contributed by atoms with Gasteiger partial charge in [-0.25, -0.2) is 8.42 Å². The molecule has 1 aliphatic rings. The van der Waals surface area contributed by atoms with E-state index in [2.05, 4.69) is 22.1 Å². The molecule has 3 rings (SSSR count). The highest BCUT2D eigenvalue weighted by atomic mass is 32.2. The number of nitrogens with zero attached hydrogens (tertiary/aromatic N) is 4. The zero-order valence-corrected chi connectivity index (χ0v) is 17.9. The number of aromatic nitrogens is 3. The molecule has 1 aromatic heterocycles. The van der Waals surface area contributed by atoms with E-state index in [9.17, 15) is 23.3 Å². The predicted molar refractivity (Wildman–Crippen MR) is 113 cm³/mol. The molecule has 1 fully saturated rings. The molecule has 2 heterocycles. The first-order valence-corrected chi connectivity index (χ1v) is 11.9. The Balaban J connectivity index is 1.73. The van der Waals surface area contributed by atoms with Gasteiger partial charge in [-0.15, -0.1) is 16.8 Å². The van der Waals surface area contributed by atoms with Gasteiger partial charge in [-0.2, -0.15) is 0 Å². The lowest BCUT2D eigenvalue weighted by Gasteiger charge is -2.14. The van der Waals surface area contributed by atoms with Gasteiger partial charge in [-0.3, -0.25) is 14.9 Å². The van der Waals surface area contributed by atoms with Gasteiger partial charge in [0.15, 0.2) is 15.0 Å². The maximum atomic E-state index is 12.6. The van der Waals surface area contributed by atoms with E-state index in [1.165, 1.54) is 30.0 Å². The topological polar surface area (TPSA) is 137 Å². The van der Waals surface area contributed by atoms with Crippen molar-refractivity contribution in [2.75, 3.05) is 16.8 Å². The van der Waals surface area contributed by atoms with Crippen LogP contribution in [-0.4, -0.2) is 50.8 Å². The number of nitro benzene ring substituents is 1. The summed E-state index contributed by atoms with van der Waals surface area (Å²) in [6.07, 6.45) is 2.15. The average molecular weight is 452 g/mol. The Labute approximate surface area is 177 Å². The van der Waals surface area contributed by atoms with Gasteiger partial charge in [0.2, 0.25) is 5.91 Å². The van der Waals surface area contributed by atoms with Crippen LogP contribution in [0.4, 0.5) is 11.4 Å². The van der Waals surface area contributed by atoms with Gasteiger partial charge in [0.05, 0.1) is 21.7 Å². The lowest BCUT2D eigenvalue weighted by Crippen LogP contribution is -2.23. The summed E-state index contributed by atoms with van der Waals surface area (Å²) in [5.74, 6) is 0.160. The number of anilines is 1. The zero-order chi connectivity index (χ0) is 21.9. The quantitative estimate of drug-likeness (QED) is 0.279. The van der Waals surface area contributed by atoms with Crippen molar-refractivity contribution in [2.45, 2.75) is 36.2 Å². The van der Waals surface area contributed by atoms with Crippen molar-refractivity contribution in [3.8, 4) is 0 Å². The van der Waals surface area contributed by atoms with Crippen molar-refractivity contribution >= 4 is 38.9 Å². The predicted octanol–water partition coefficient (Wildman–Crippen LogP) is 2.39. The van der Waals surface area contributed by atoms with Crippen LogP contribution >= 0.6 is 11.8 Å². The van der Waals surface area contributed by atoms with Crippen molar-refractivity contribution in [1.29, 1.82) is 0 Å². The van der Waals surface area contributed by atoms with E-state index in [0.717, 1.165) is 0 Å². The molecule has 1 N–H and O–H groups in total. The van der Waals surface area contributed by atoms with Crippen LogP contribution < -0.4 is 5.32 Å². The van der Waals surface area contributed by atoms with Crippen LogP contribution in [0.2, 0.25) is 0 Å². The number of carbonyl (C=O) groups excluding carboxylic acids is 1. The third kappa shape index (κ3) is 5.05. The van der Waals surface area contributed by atoms with Crippen LogP contribution in [0.15, 0.2) is 42.1 Å². The Morgan fingerprint density at radius 2 is 2.27 bits per heavy atom. The van der Waals surface area contributed by atoms with Gasteiger partial charge in [0, 0.05) is 30.3 Å². The van der Waals surface area contributed by atoms with Crippen molar-refractivity contribution in [1.82, 2.24) is 14.8 Å².